The van der Waals surface area contributed by atoms with E-state index in [-0.39, 0.29) is 13.0 Å². The van der Waals surface area contributed by atoms with E-state index in [9.17, 15) is 8.78 Å². The molecule has 2 rings (SSSR count). The van der Waals surface area contributed by atoms with Crippen molar-refractivity contribution in [1.82, 2.24) is 0 Å². The Hall–Kier alpha value is -1.16. The van der Waals surface area contributed by atoms with E-state index < -0.39 is 5.92 Å². The molecule has 1 fully saturated rings. The number of nitrogens with zero attached hydrogens (tertiary/aromatic N) is 1. The van der Waals surface area contributed by atoms with Crippen LogP contribution in [0.25, 0.3) is 0 Å². The van der Waals surface area contributed by atoms with Crippen LogP contribution in [0.4, 0.5) is 14.5 Å². The fourth-order valence-corrected chi connectivity index (χ4v) is 1.93. The first kappa shape index (κ1) is 10.4. The van der Waals surface area contributed by atoms with E-state index in [0.717, 1.165) is 11.3 Å². The second-order valence-corrected chi connectivity index (χ2v) is 3.86. The second-order valence-electron chi connectivity index (χ2n) is 3.86. The van der Waals surface area contributed by atoms with E-state index in [1.807, 2.05) is 24.3 Å². The number of benzene rings is 1. The number of halogens is 2. The van der Waals surface area contributed by atoms with Crippen molar-refractivity contribution in [2.24, 2.45) is 5.73 Å². The lowest BCUT2D eigenvalue weighted by molar-refractivity contribution is 0.0257. The zero-order valence-corrected chi connectivity index (χ0v) is 8.42. The number of hydrogen-bond acceptors (Lipinski definition) is 2. The predicted molar refractivity (Wildman–Crippen MR) is 56.1 cm³/mol. The summed E-state index contributed by atoms with van der Waals surface area (Å²) in [4.78, 5) is 1.71. The van der Waals surface area contributed by atoms with Gasteiger partial charge < -0.3 is 10.6 Å². The van der Waals surface area contributed by atoms with Crippen molar-refractivity contribution in [2.45, 2.75) is 18.9 Å². The molecule has 1 aromatic carbocycles. The average molecular weight is 212 g/mol. The van der Waals surface area contributed by atoms with Gasteiger partial charge in [-0.25, -0.2) is 8.78 Å². The molecule has 0 atom stereocenters. The van der Waals surface area contributed by atoms with Crippen molar-refractivity contribution in [3.05, 3.63) is 29.8 Å². The molecular formula is C11H14F2N2. The molecule has 1 aliphatic rings. The largest absolute Gasteiger partial charge is 0.365 e. The molecule has 0 spiro atoms. The van der Waals surface area contributed by atoms with Gasteiger partial charge in [0, 0.05) is 25.2 Å². The lowest BCUT2D eigenvalue weighted by Gasteiger charge is -2.21. The molecule has 1 aromatic rings. The monoisotopic (exact) mass is 212 g/mol. The molecule has 0 aromatic heterocycles. The molecule has 0 amide bonds. The van der Waals surface area contributed by atoms with Gasteiger partial charge in [0.1, 0.15) is 0 Å². The first-order chi connectivity index (χ1) is 7.12. The maximum Gasteiger partial charge on any atom is 0.266 e. The molecule has 0 saturated carbocycles. The van der Waals surface area contributed by atoms with E-state index in [1.165, 1.54) is 0 Å². The Kier molecular flexibility index (Phi) is 2.61. The molecule has 0 radical (unpaired) electrons. The van der Waals surface area contributed by atoms with Crippen LogP contribution in [0.5, 0.6) is 0 Å². The fourth-order valence-electron chi connectivity index (χ4n) is 1.93. The number of anilines is 1. The molecule has 2 N–H and O–H groups in total. The van der Waals surface area contributed by atoms with Crippen LogP contribution in [0.3, 0.4) is 0 Å². The van der Waals surface area contributed by atoms with Gasteiger partial charge in [0.2, 0.25) is 0 Å². The van der Waals surface area contributed by atoms with Crippen molar-refractivity contribution >= 4 is 5.69 Å². The minimum Gasteiger partial charge on any atom is -0.365 e. The third-order valence-corrected chi connectivity index (χ3v) is 2.72. The summed E-state index contributed by atoms with van der Waals surface area (Å²) in [5, 5.41) is 0. The smallest absolute Gasteiger partial charge is 0.266 e. The number of alkyl halides is 2. The van der Waals surface area contributed by atoms with Crippen molar-refractivity contribution in [3.63, 3.8) is 0 Å². The minimum absolute atomic E-state index is 0.0636. The Morgan fingerprint density at radius 2 is 2.07 bits per heavy atom. The topological polar surface area (TPSA) is 29.3 Å². The van der Waals surface area contributed by atoms with Crippen molar-refractivity contribution in [3.8, 4) is 0 Å². The van der Waals surface area contributed by atoms with E-state index >= 15 is 0 Å². The molecule has 1 aliphatic heterocycles. The van der Waals surface area contributed by atoms with E-state index in [0.29, 0.717) is 13.1 Å². The summed E-state index contributed by atoms with van der Waals surface area (Å²) in [6.45, 7) is 0.603. The van der Waals surface area contributed by atoms with Gasteiger partial charge in [-0.1, -0.05) is 18.2 Å². The molecule has 4 heteroatoms. The first-order valence-corrected chi connectivity index (χ1v) is 5.03. The highest BCUT2D eigenvalue weighted by atomic mass is 19.3. The number of nitrogens with two attached hydrogens (primary N) is 1. The average Bonchev–Trinajstić information content (AvgIpc) is 2.59. The zero-order chi connectivity index (χ0) is 10.9. The minimum atomic E-state index is -2.55. The fraction of sp³-hybridized carbons (Fsp3) is 0.455. The van der Waals surface area contributed by atoms with Gasteiger partial charge in [-0.2, -0.15) is 0 Å². The molecule has 1 heterocycles. The first-order valence-electron chi connectivity index (χ1n) is 5.03. The Balaban J connectivity index is 2.23. The molecule has 2 nitrogen and oxygen atoms in total. The quantitative estimate of drug-likeness (QED) is 0.812. The Morgan fingerprint density at radius 3 is 2.67 bits per heavy atom. The van der Waals surface area contributed by atoms with Gasteiger partial charge in [-0.05, 0) is 11.6 Å². The Bertz CT molecular complexity index is 352. The lowest BCUT2D eigenvalue weighted by atomic mass is 10.1. The van der Waals surface area contributed by atoms with Crippen LogP contribution >= 0.6 is 0 Å². The van der Waals surface area contributed by atoms with Crippen LogP contribution in [-0.4, -0.2) is 19.0 Å². The molecule has 1 saturated heterocycles. The number of hydrogen-bond donors (Lipinski definition) is 1. The Labute approximate surface area is 87.7 Å². The van der Waals surface area contributed by atoms with Gasteiger partial charge in [0.25, 0.3) is 5.92 Å². The third-order valence-electron chi connectivity index (χ3n) is 2.72. The molecule has 0 unspecified atom stereocenters. The summed E-state index contributed by atoms with van der Waals surface area (Å²) in [6.07, 6.45) is -0.0636. The highest BCUT2D eigenvalue weighted by Gasteiger charge is 2.38. The molecule has 82 valence electrons. The molecule has 0 aliphatic carbocycles. The lowest BCUT2D eigenvalue weighted by Crippen LogP contribution is -2.26. The van der Waals surface area contributed by atoms with Crippen molar-refractivity contribution in [2.75, 3.05) is 18.0 Å². The predicted octanol–water partition coefficient (Wildman–Crippen LogP) is 1.99. The van der Waals surface area contributed by atoms with E-state index in [2.05, 4.69) is 0 Å². The van der Waals surface area contributed by atoms with Crippen LogP contribution in [0, 0.1) is 0 Å². The van der Waals surface area contributed by atoms with Gasteiger partial charge in [0.15, 0.2) is 0 Å². The summed E-state index contributed by atoms with van der Waals surface area (Å²) in [5.74, 6) is -2.55. The normalized spacial score (nSPS) is 19.5. The summed E-state index contributed by atoms with van der Waals surface area (Å²) in [5.41, 5.74) is 7.34. The van der Waals surface area contributed by atoms with Crippen LogP contribution in [0.15, 0.2) is 24.3 Å². The summed E-state index contributed by atoms with van der Waals surface area (Å²) in [6, 6.07) is 7.46. The summed E-state index contributed by atoms with van der Waals surface area (Å²) >= 11 is 0. The SMILES string of the molecule is NCc1ccccc1N1CCC(F)(F)C1. The van der Waals surface area contributed by atoms with Crippen molar-refractivity contribution in [1.29, 1.82) is 0 Å². The Morgan fingerprint density at radius 1 is 1.33 bits per heavy atom. The molecular weight excluding hydrogens is 198 g/mol. The van der Waals surface area contributed by atoms with Gasteiger partial charge in [0.05, 0.1) is 6.54 Å². The summed E-state index contributed by atoms with van der Waals surface area (Å²) in [7, 11) is 0. The highest BCUT2D eigenvalue weighted by molar-refractivity contribution is 5.54. The maximum atomic E-state index is 13.0. The third kappa shape index (κ3) is 2.09. The zero-order valence-electron chi connectivity index (χ0n) is 8.42. The maximum absolute atomic E-state index is 13.0. The number of para-hydroxylation sites is 1. The van der Waals surface area contributed by atoms with Crippen LogP contribution in [0.1, 0.15) is 12.0 Å². The number of rotatable bonds is 2. The molecule has 0 bridgehead atoms. The van der Waals surface area contributed by atoms with Gasteiger partial charge >= 0.3 is 0 Å². The van der Waals surface area contributed by atoms with E-state index in [4.69, 9.17) is 5.73 Å². The van der Waals surface area contributed by atoms with Crippen LogP contribution in [-0.2, 0) is 6.54 Å². The highest BCUT2D eigenvalue weighted by Crippen LogP contribution is 2.32. The van der Waals surface area contributed by atoms with Gasteiger partial charge in [-0.15, -0.1) is 0 Å². The van der Waals surface area contributed by atoms with Crippen LogP contribution < -0.4 is 10.6 Å². The molecule has 15 heavy (non-hydrogen) atoms. The summed E-state index contributed by atoms with van der Waals surface area (Å²) < 4.78 is 26.1. The van der Waals surface area contributed by atoms with Gasteiger partial charge in [-0.3, -0.25) is 0 Å². The van der Waals surface area contributed by atoms with Crippen molar-refractivity contribution < 1.29 is 8.78 Å². The van der Waals surface area contributed by atoms with Crippen LogP contribution in [0.2, 0.25) is 0 Å². The standard InChI is InChI=1S/C11H14F2N2/c12-11(13)5-6-15(8-11)10-4-2-1-3-9(10)7-14/h1-4H,5-8,14H2. The second kappa shape index (κ2) is 3.77. The van der Waals surface area contributed by atoms with E-state index in [1.54, 1.807) is 4.90 Å².